The van der Waals surface area contributed by atoms with Crippen LogP contribution in [0, 0.1) is 3.57 Å². The summed E-state index contributed by atoms with van der Waals surface area (Å²) in [5.74, 6) is -0.287. The first kappa shape index (κ1) is 19.3. The first-order valence-corrected chi connectivity index (χ1v) is 10.8. The maximum Gasteiger partial charge on any atom is 0.255 e. The lowest BCUT2D eigenvalue weighted by Crippen LogP contribution is -2.31. The van der Waals surface area contributed by atoms with Crippen LogP contribution in [0.4, 0.5) is 5.69 Å². The second-order valence-corrected chi connectivity index (χ2v) is 8.87. The predicted molar refractivity (Wildman–Crippen MR) is 108 cm³/mol. The van der Waals surface area contributed by atoms with Crippen LogP contribution in [0.15, 0.2) is 53.4 Å². The van der Waals surface area contributed by atoms with Crippen LogP contribution < -0.4 is 10.0 Å². The highest BCUT2D eigenvalue weighted by molar-refractivity contribution is 14.1. The van der Waals surface area contributed by atoms with E-state index in [1.54, 1.807) is 0 Å². The van der Waals surface area contributed by atoms with E-state index < -0.39 is 10.0 Å². The molecule has 2 aromatic carbocycles. The highest BCUT2D eigenvalue weighted by Crippen LogP contribution is 2.19. The lowest BCUT2D eigenvalue weighted by molar-refractivity contribution is 0.102. The summed E-state index contributed by atoms with van der Waals surface area (Å²) in [7, 11) is -3.62. The van der Waals surface area contributed by atoms with E-state index in [0.29, 0.717) is 17.9 Å². The van der Waals surface area contributed by atoms with Crippen molar-refractivity contribution in [2.45, 2.75) is 23.8 Å². The quantitative estimate of drug-likeness (QED) is 0.616. The van der Waals surface area contributed by atoms with E-state index >= 15 is 0 Å². The fourth-order valence-corrected chi connectivity index (χ4v) is 4.22. The van der Waals surface area contributed by atoms with Gasteiger partial charge in [0.15, 0.2) is 0 Å². The molecule has 138 valence electrons. The van der Waals surface area contributed by atoms with Gasteiger partial charge in [0.2, 0.25) is 10.0 Å². The van der Waals surface area contributed by atoms with Crippen LogP contribution in [-0.4, -0.2) is 33.6 Å². The molecular weight excluding hydrogens is 467 g/mol. The Morgan fingerprint density at radius 3 is 2.54 bits per heavy atom. The summed E-state index contributed by atoms with van der Waals surface area (Å²) in [5.41, 5.74) is 1.11. The summed E-state index contributed by atoms with van der Waals surface area (Å²) in [4.78, 5) is 12.5. The number of halogens is 1. The van der Waals surface area contributed by atoms with Crippen molar-refractivity contribution in [2.24, 2.45) is 0 Å². The highest BCUT2D eigenvalue weighted by Gasteiger charge is 2.20. The van der Waals surface area contributed by atoms with Gasteiger partial charge in [-0.25, -0.2) is 13.1 Å². The Morgan fingerprint density at radius 1 is 1.15 bits per heavy atom. The minimum absolute atomic E-state index is 0.0665. The Kier molecular flexibility index (Phi) is 6.28. The number of carbonyl (C=O) groups excluding carboxylic acids is 1. The molecule has 0 bridgehead atoms. The SMILES string of the molecule is O=C(Nc1ccccc1I)c1ccc(S(=O)(=O)NC[C@@H]2CCCO2)cc1. The molecule has 6 nitrogen and oxygen atoms in total. The van der Waals surface area contributed by atoms with Crippen molar-refractivity contribution in [3.63, 3.8) is 0 Å². The Labute approximate surface area is 166 Å². The molecule has 1 aliphatic heterocycles. The standard InChI is InChI=1S/C18H19IN2O4S/c19-16-5-1-2-6-17(16)21-18(22)13-7-9-15(10-8-13)26(23,24)20-12-14-4-3-11-25-14/h1-2,5-10,14,20H,3-4,11-12H2,(H,21,22)/t14-/m0/s1. The number of hydrogen-bond acceptors (Lipinski definition) is 4. The molecule has 2 aromatic rings. The van der Waals surface area contributed by atoms with Gasteiger partial charge in [-0.15, -0.1) is 0 Å². The first-order valence-electron chi connectivity index (χ1n) is 8.23. The molecule has 8 heteroatoms. The minimum atomic E-state index is -3.62. The van der Waals surface area contributed by atoms with Gasteiger partial charge in [0.05, 0.1) is 16.7 Å². The van der Waals surface area contributed by atoms with E-state index in [4.69, 9.17) is 4.74 Å². The lowest BCUT2D eigenvalue weighted by Gasteiger charge is -2.12. The number of sulfonamides is 1. The fraction of sp³-hybridized carbons (Fsp3) is 0.278. The van der Waals surface area contributed by atoms with Crippen molar-refractivity contribution in [3.8, 4) is 0 Å². The van der Waals surface area contributed by atoms with E-state index in [-0.39, 0.29) is 23.5 Å². The van der Waals surface area contributed by atoms with Gasteiger partial charge >= 0.3 is 0 Å². The second-order valence-electron chi connectivity index (χ2n) is 5.95. The summed E-state index contributed by atoms with van der Waals surface area (Å²) in [6.45, 7) is 0.938. The Morgan fingerprint density at radius 2 is 1.88 bits per heavy atom. The van der Waals surface area contributed by atoms with Crippen LogP contribution in [0.3, 0.4) is 0 Å². The van der Waals surface area contributed by atoms with Crippen molar-refractivity contribution in [3.05, 3.63) is 57.7 Å². The van der Waals surface area contributed by atoms with Gasteiger partial charge in [-0.1, -0.05) is 12.1 Å². The maximum atomic E-state index is 12.3. The van der Waals surface area contributed by atoms with E-state index in [1.165, 1.54) is 24.3 Å². The molecule has 1 fully saturated rings. The van der Waals surface area contributed by atoms with Gasteiger partial charge in [0.25, 0.3) is 5.91 Å². The molecule has 3 rings (SSSR count). The van der Waals surface area contributed by atoms with Crippen LogP contribution in [0.1, 0.15) is 23.2 Å². The van der Waals surface area contributed by atoms with Crippen molar-refractivity contribution < 1.29 is 17.9 Å². The van der Waals surface area contributed by atoms with Crippen molar-refractivity contribution >= 4 is 44.2 Å². The van der Waals surface area contributed by atoms with Crippen molar-refractivity contribution in [2.75, 3.05) is 18.5 Å². The molecule has 1 heterocycles. The number of carbonyl (C=O) groups is 1. The van der Waals surface area contributed by atoms with Crippen LogP contribution in [-0.2, 0) is 14.8 Å². The molecule has 0 aliphatic carbocycles. The second kappa shape index (κ2) is 8.47. The summed E-state index contributed by atoms with van der Waals surface area (Å²) in [5, 5.41) is 2.82. The smallest absolute Gasteiger partial charge is 0.255 e. The zero-order valence-corrected chi connectivity index (χ0v) is 16.9. The number of para-hydroxylation sites is 1. The lowest BCUT2D eigenvalue weighted by atomic mass is 10.2. The molecule has 1 amide bonds. The summed E-state index contributed by atoms with van der Waals surface area (Å²) >= 11 is 2.14. The first-order chi connectivity index (χ1) is 12.5. The van der Waals surface area contributed by atoms with Crippen LogP contribution >= 0.6 is 22.6 Å². The van der Waals surface area contributed by atoms with Crippen LogP contribution in [0.25, 0.3) is 0 Å². The highest BCUT2D eigenvalue weighted by atomic mass is 127. The number of amides is 1. The topological polar surface area (TPSA) is 84.5 Å². The minimum Gasteiger partial charge on any atom is -0.377 e. The molecule has 0 saturated carbocycles. The molecule has 26 heavy (non-hydrogen) atoms. The van der Waals surface area contributed by atoms with Crippen molar-refractivity contribution in [1.29, 1.82) is 0 Å². The normalized spacial score (nSPS) is 17.2. The number of anilines is 1. The van der Waals surface area contributed by atoms with E-state index in [1.807, 2.05) is 24.3 Å². The third-order valence-electron chi connectivity index (χ3n) is 4.07. The van der Waals surface area contributed by atoms with E-state index in [2.05, 4.69) is 32.6 Å². The van der Waals surface area contributed by atoms with Crippen LogP contribution in [0.2, 0.25) is 0 Å². The van der Waals surface area contributed by atoms with Gasteiger partial charge < -0.3 is 10.1 Å². The zero-order chi connectivity index (χ0) is 18.6. The van der Waals surface area contributed by atoms with Gasteiger partial charge in [0, 0.05) is 22.3 Å². The predicted octanol–water partition coefficient (Wildman–Crippen LogP) is 3.00. The van der Waals surface area contributed by atoms with Gasteiger partial charge in [-0.05, 0) is 71.8 Å². The Balaban J connectivity index is 1.65. The molecule has 0 aromatic heterocycles. The average Bonchev–Trinajstić information content (AvgIpc) is 3.16. The maximum absolute atomic E-state index is 12.3. The number of rotatable bonds is 6. The molecule has 1 saturated heterocycles. The molecule has 1 aliphatic rings. The monoisotopic (exact) mass is 486 g/mol. The number of hydrogen-bond donors (Lipinski definition) is 2. The number of nitrogens with one attached hydrogen (secondary N) is 2. The van der Waals surface area contributed by atoms with E-state index in [9.17, 15) is 13.2 Å². The molecule has 2 N–H and O–H groups in total. The molecule has 0 unspecified atom stereocenters. The fourth-order valence-electron chi connectivity index (χ4n) is 2.63. The van der Waals surface area contributed by atoms with Crippen molar-refractivity contribution in [1.82, 2.24) is 4.72 Å². The number of benzene rings is 2. The zero-order valence-electron chi connectivity index (χ0n) is 13.9. The third kappa shape index (κ3) is 4.81. The average molecular weight is 486 g/mol. The van der Waals surface area contributed by atoms with Crippen LogP contribution in [0.5, 0.6) is 0 Å². The van der Waals surface area contributed by atoms with E-state index in [0.717, 1.165) is 16.4 Å². The Bertz CT molecular complexity index is 878. The summed E-state index contributed by atoms with van der Waals surface area (Å²) in [6, 6.07) is 13.3. The molecule has 0 spiro atoms. The largest absolute Gasteiger partial charge is 0.377 e. The molecule has 1 atom stereocenters. The van der Waals surface area contributed by atoms with Gasteiger partial charge in [-0.3, -0.25) is 4.79 Å². The number of ether oxygens (including phenoxy) is 1. The van der Waals surface area contributed by atoms with Gasteiger partial charge in [0.1, 0.15) is 0 Å². The Hall–Kier alpha value is -1.49. The molecule has 0 radical (unpaired) electrons. The van der Waals surface area contributed by atoms with Gasteiger partial charge in [-0.2, -0.15) is 0 Å². The molecular formula is C18H19IN2O4S. The summed E-state index contributed by atoms with van der Waals surface area (Å²) in [6.07, 6.45) is 1.75. The third-order valence-corrected chi connectivity index (χ3v) is 6.45. The summed E-state index contributed by atoms with van der Waals surface area (Å²) < 4.78 is 33.6.